The molecule has 6 nitrogen and oxygen atoms in total. The minimum absolute atomic E-state index is 0.130. The monoisotopic (exact) mass is 1140 g/mol. The van der Waals surface area contributed by atoms with Gasteiger partial charge in [0.1, 0.15) is 13.2 Å². The summed E-state index contributed by atoms with van der Waals surface area (Å²) in [7, 11) is 0. The number of ether oxygens (including phenoxy) is 3. The van der Waals surface area contributed by atoms with Gasteiger partial charge in [-0.3, -0.25) is 14.4 Å². The third-order valence-corrected chi connectivity index (χ3v) is 12.8. The average molecular weight is 1140 g/mol. The minimum Gasteiger partial charge on any atom is -0.462 e. The molecule has 0 fully saturated rings. The van der Waals surface area contributed by atoms with E-state index >= 15 is 0 Å². The number of carbonyl (C=O) groups excluding carboxylic acids is 3. The molecule has 0 N–H and O–H groups in total. The molecule has 460 valence electrons. The summed E-state index contributed by atoms with van der Waals surface area (Å²) < 4.78 is 16.8. The van der Waals surface area contributed by atoms with E-state index < -0.39 is 6.10 Å². The molecule has 0 rings (SSSR count). The van der Waals surface area contributed by atoms with Crippen LogP contribution in [0.2, 0.25) is 0 Å². The lowest BCUT2D eigenvalue weighted by atomic mass is 10.1. The fraction of sp³-hybridized carbons (Fsp3) is 0.519. The van der Waals surface area contributed by atoms with Gasteiger partial charge in [0, 0.05) is 19.3 Å². The molecule has 0 spiro atoms. The van der Waals surface area contributed by atoms with Crippen molar-refractivity contribution in [2.24, 2.45) is 0 Å². The lowest BCUT2D eigenvalue weighted by molar-refractivity contribution is -0.167. The van der Waals surface area contributed by atoms with Crippen LogP contribution < -0.4 is 0 Å². The first-order valence-corrected chi connectivity index (χ1v) is 32.6. The van der Waals surface area contributed by atoms with E-state index in [-0.39, 0.29) is 44.0 Å². The highest BCUT2D eigenvalue weighted by Crippen LogP contribution is 2.13. The lowest BCUT2D eigenvalue weighted by Crippen LogP contribution is -2.30. The summed E-state index contributed by atoms with van der Waals surface area (Å²) in [4.78, 5) is 38.3. The van der Waals surface area contributed by atoms with Crippen LogP contribution in [-0.4, -0.2) is 37.2 Å². The van der Waals surface area contributed by atoms with Crippen molar-refractivity contribution in [3.8, 4) is 0 Å². The van der Waals surface area contributed by atoms with Crippen LogP contribution in [0.3, 0.4) is 0 Å². The Hall–Kier alpha value is -6.01. The van der Waals surface area contributed by atoms with Crippen molar-refractivity contribution in [1.82, 2.24) is 0 Å². The number of esters is 3. The first-order valence-electron chi connectivity index (χ1n) is 32.6. The maximum absolute atomic E-state index is 12.9. The molecular formula is C77H116O6. The molecule has 0 aliphatic rings. The van der Waals surface area contributed by atoms with Crippen molar-refractivity contribution >= 4 is 17.9 Å². The average Bonchev–Trinajstić information content (AvgIpc) is 3.49. The van der Waals surface area contributed by atoms with Crippen LogP contribution in [0, 0.1) is 0 Å². The molecule has 0 aromatic heterocycles. The zero-order chi connectivity index (χ0) is 59.9. The van der Waals surface area contributed by atoms with Crippen LogP contribution in [0.5, 0.6) is 0 Å². The molecule has 0 radical (unpaired) electrons. The van der Waals surface area contributed by atoms with Gasteiger partial charge in [-0.1, -0.05) is 266 Å². The van der Waals surface area contributed by atoms with Crippen molar-refractivity contribution in [3.05, 3.63) is 207 Å². The predicted molar refractivity (Wildman–Crippen MR) is 361 cm³/mol. The molecule has 0 amide bonds. The Bertz CT molecular complexity index is 2030. The van der Waals surface area contributed by atoms with Crippen molar-refractivity contribution in [1.29, 1.82) is 0 Å². The largest absolute Gasteiger partial charge is 0.462 e. The molecule has 6 heteroatoms. The van der Waals surface area contributed by atoms with E-state index in [1.165, 1.54) is 32.1 Å². The summed E-state index contributed by atoms with van der Waals surface area (Å²) in [6, 6.07) is 0. The molecule has 0 aromatic carbocycles. The quantitative estimate of drug-likeness (QED) is 0.0261. The third kappa shape index (κ3) is 66.7. The number of carbonyl (C=O) groups is 3. The summed E-state index contributed by atoms with van der Waals surface area (Å²) in [5, 5.41) is 0. The second-order valence-corrected chi connectivity index (χ2v) is 20.5. The van der Waals surface area contributed by atoms with Gasteiger partial charge >= 0.3 is 17.9 Å². The normalized spacial score (nSPS) is 13.5. The topological polar surface area (TPSA) is 78.9 Å². The molecule has 0 aliphatic carbocycles. The molecule has 83 heavy (non-hydrogen) atoms. The Labute approximate surface area is 509 Å². The molecule has 0 bridgehead atoms. The Kier molecular flexibility index (Phi) is 63.5. The summed E-state index contributed by atoms with van der Waals surface area (Å²) in [6.45, 7) is 6.19. The highest BCUT2D eigenvalue weighted by molar-refractivity contribution is 5.71. The third-order valence-electron chi connectivity index (χ3n) is 12.8. The van der Waals surface area contributed by atoms with Gasteiger partial charge in [-0.25, -0.2) is 0 Å². The minimum atomic E-state index is -0.842. The number of hydrogen-bond donors (Lipinski definition) is 0. The SMILES string of the molecule is CC/C=C\C/C=C\C/C=C\C/C=C\C/C=C\C/C=C\C/C=C\C/C=C\CCCCCCCCCCC(=O)OCC(COC(=O)CCCC/C=C\C/C=C\C/C=C\C/C=C\CC)OC(=O)CCC/C=C\C/C=C\C/C=C\C/C=C\C/C=C\CC. The fourth-order valence-corrected chi connectivity index (χ4v) is 8.01. The van der Waals surface area contributed by atoms with Gasteiger partial charge < -0.3 is 14.2 Å². The molecule has 0 aromatic rings. The maximum atomic E-state index is 12.9. The second-order valence-electron chi connectivity index (χ2n) is 20.5. The van der Waals surface area contributed by atoms with E-state index in [4.69, 9.17) is 14.2 Å². The van der Waals surface area contributed by atoms with Crippen LogP contribution >= 0.6 is 0 Å². The molecule has 0 aliphatic heterocycles. The van der Waals surface area contributed by atoms with Crippen LogP contribution in [-0.2, 0) is 28.6 Å². The Morgan fingerprint density at radius 2 is 0.446 bits per heavy atom. The first-order chi connectivity index (χ1) is 41.0. The zero-order valence-corrected chi connectivity index (χ0v) is 52.6. The van der Waals surface area contributed by atoms with Gasteiger partial charge in [0.25, 0.3) is 0 Å². The second kappa shape index (κ2) is 68.5. The summed E-state index contributed by atoms with van der Waals surface area (Å²) in [5.41, 5.74) is 0. The van der Waals surface area contributed by atoms with Crippen molar-refractivity contribution in [3.63, 3.8) is 0 Å². The van der Waals surface area contributed by atoms with E-state index in [9.17, 15) is 14.4 Å². The molecule has 0 heterocycles. The Balaban J connectivity index is 4.43. The molecule has 1 atom stereocenters. The first kappa shape index (κ1) is 77.0. The molecule has 1 unspecified atom stereocenters. The van der Waals surface area contributed by atoms with Crippen molar-refractivity contribution in [2.75, 3.05) is 13.2 Å². The number of hydrogen-bond acceptors (Lipinski definition) is 6. The molecule has 0 saturated heterocycles. The Morgan fingerprint density at radius 1 is 0.241 bits per heavy atom. The fourth-order valence-electron chi connectivity index (χ4n) is 8.01. The van der Waals surface area contributed by atoms with Gasteiger partial charge in [0.2, 0.25) is 0 Å². The van der Waals surface area contributed by atoms with Crippen LogP contribution in [0.15, 0.2) is 207 Å². The maximum Gasteiger partial charge on any atom is 0.306 e. The highest BCUT2D eigenvalue weighted by atomic mass is 16.6. The van der Waals surface area contributed by atoms with Crippen LogP contribution in [0.25, 0.3) is 0 Å². The summed E-state index contributed by atoms with van der Waals surface area (Å²) in [6.07, 6.45) is 106. The predicted octanol–water partition coefficient (Wildman–Crippen LogP) is 22.8. The van der Waals surface area contributed by atoms with E-state index in [1.807, 2.05) is 0 Å². The van der Waals surface area contributed by atoms with E-state index in [0.717, 1.165) is 154 Å². The van der Waals surface area contributed by atoms with Crippen LogP contribution in [0.4, 0.5) is 0 Å². The van der Waals surface area contributed by atoms with Crippen LogP contribution in [0.1, 0.15) is 239 Å². The van der Waals surface area contributed by atoms with Gasteiger partial charge in [0.05, 0.1) is 0 Å². The van der Waals surface area contributed by atoms with Crippen molar-refractivity contribution in [2.45, 2.75) is 245 Å². The Morgan fingerprint density at radius 3 is 0.735 bits per heavy atom. The van der Waals surface area contributed by atoms with Gasteiger partial charge in [0.15, 0.2) is 6.10 Å². The summed E-state index contributed by atoms with van der Waals surface area (Å²) in [5.74, 6) is -1.05. The number of allylic oxidation sites excluding steroid dienone is 34. The zero-order valence-electron chi connectivity index (χ0n) is 52.6. The van der Waals surface area contributed by atoms with E-state index in [1.54, 1.807) is 0 Å². The highest BCUT2D eigenvalue weighted by Gasteiger charge is 2.19. The number of rotatable bonds is 56. The lowest BCUT2D eigenvalue weighted by Gasteiger charge is -2.18. The standard InChI is InChI=1S/C77H116O6/c1-4-7-10-13-16-19-22-25-28-30-31-32-33-34-35-36-37-38-39-40-41-42-43-44-45-47-49-52-55-58-61-64-67-70-76(79)82-73-74(72-81-75(78)69-66-63-60-57-54-51-48-27-24-21-18-15-12-9-6-3)83-77(80)71-68-65-62-59-56-53-50-46-29-26-23-20-17-14-11-8-5-2/h7-12,16-21,25-29,31-32,34-35,37-38,40-41,43-44,48,50,53-54,57,59,62,74H,4-6,13-15,22-24,30,33,36,39,42,45-47,49,51-52,55-56,58,60-61,63-73H2,1-3H3/b10-7-,11-8-,12-9-,19-16-,20-17-,21-18-,28-25-,29-26-,32-31-,35-34-,38-37-,41-40-,44-43-,48-27-,53-50-,57-54-,62-59-. The molecule has 0 saturated carbocycles. The van der Waals surface area contributed by atoms with Gasteiger partial charge in [-0.05, 0) is 161 Å². The molecular weight excluding hydrogens is 1020 g/mol. The van der Waals surface area contributed by atoms with Gasteiger partial charge in [-0.15, -0.1) is 0 Å². The number of unbranched alkanes of at least 4 members (excludes halogenated alkanes) is 11. The van der Waals surface area contributed by atoms with Gasteiger partial charge in [-0.2, -0.15) is 0 Å². The van der Waals surface area contributed by atoms with Crippen molar-refractivity contribution < 1.29 is 28.6 Å². The smallest absolute Gasteiger partial charge is 0.306 e. The van der Waals surface area contributed by atoms with E-state index in [0.29, 0.717) is 19.3 Å². The summed E-state index contributed by atoms with van der Waals surface area (Å²) >= 11 is 0. The van der Waals surface area contributed by atoms with E-state index in [2.05, 4.69) is 227 Å².